The first-order valence-electron chi connectivity index (χ1n) is 10.4. The van der Waals surface area contributed by atoms with Crippen LogP contribution in [0.5, 0.6) is 5.75 Å². The molecule has 1 saturated heterocycles. The number of anilines is 1. The van der Waals surface area contributed by atoms with E-state index < -0.39 is 0 Å². The topological polar surface area (TPSA) is 97.1 Å². The number of halogens is 1. The number of amides is 2. The lowest BCUT2D eigenvalue weighted by Gasteiger charge is -2.30. The first-order valence-corrected chi connectivity index (χ1v) is 10.8. The van der Waals surface area contributed by atoms with Crippen LogP contribution in [-0.2, 0) is 9.53 Å². The van der Waals surface area contributed by atoms with E-state index in [0.717, 1.165) is 19.6 Å². The molecular weight excluding hydrogens is 408 g/mol. The summed E-state index contributed by atoms with van der Waals surface area (Å²) in [6.07, 6.45) is 0.662. The number of nitrogens with two attached hydrogens (primary N) is 1. The normalized spacial score (nSPS) is 15.5. The monoisotopic (exact) mass is 440 g/mol. The summed E-state index contributed by atoms with van der Waals surface area (Å²) >= 11 is 6.08. The number of ether oxygens (including phenoxy) is 2. The van der Waals surface area contributed by atoms with Crippen LogP contribution >= 0.6 is 11.6 Å². The van der Waals surface area contributed by atoms with Gasteiger partial charge >= 0.3 is 0 Å². The fourth-order valence-corrected chi connectivity index (χ4v) is 3.66. The van der Waals surface area contributed by atoms with Crippen LogP contribution in [0.3, 0.4) is 0 Å². The number of rotatable bonds is 10. The van der Waals surface area contributed by atoms with Crippen LogP contribution in [0.2, 0.25) is 5.02 Å². The van der Waals surface area contributed by atoms with E-state index in [0.29, 0.717) is 49.7 Å². The lowest BCUT2D eigenvalue weighted by molar-refractivity contribution is -0.135. The van der Waals surface area contributed by atoms with Crippen molar-refractivity contribution in [2.75, 3.05) is 65.3 Å². The highest BCUT2D eigenvalue weighted by Gasteiger charge is 2.25. The lowest BCUT2D eigenvalue weighted by Crippen LogP contribution is -2.44. The van der Waals surface area contributed by atoms with E-state index in [1.807, 2.05) is 13.8 Å². The summed E-state index contributed by atoms with van der Waals surface area (Å²) < 4.78 is 10.7. The summed E-state index contributed by atoms with van der Waals surface area (Å²) in [5, 5.41) is 3.16. The van der Waals surface area contributed by atoms with Crippen molar-refractivity contribution in [3.63, 3.8) is 0 Å². The van der Waals surface area contributed by atoms with Crippen molar-refractivity contribution in [3.8, 4) is 5.75 Å². The Morgan fingerprint density at radius 3 is 2.57 bits per heavy atom. The summed E-state index contributed by atoms with van der Waals surface area (Å²) in [6.45, 7) is 9.36. The average Bonchev–Trinajstić information content (AvgIpc) is 2.76. The highest BCUT2D eigenvalue weighted by Crippen LogP contribution is 2.28. The fraction of sp³-hybridized carbons (Fsp3) is 0.619. The number of hydrogen-bond donors (Lipinski definition) is 2. The predicted molar refractivity (Wildman–Crippen MR) is 118 cm³/mol. The molecule has 1 aliphatic rings. The molecule has 1 fully saturated rings. The molecule has 0 aromatic heterocycles. The standard InChI is InChI=1S/C21H33ClN4O4/c1-4-26(5-2)21(28)15(6-7-25-8-10-30-11-9-25)14-24-20(27)16-12-17(22)18(23)13-19(16)29-3/h12-13,15H,4-11,14,23H2,1-3H3,(H,24,27). The zero-order chi connectivity index (χ0) is 22.1. The molecule has 1 aromatic rings. The van der Waals surface area contributed by atoms with E-state index in [4.69, 9.17) is 26.8 Å². The molecule has 1 unspecified atom stereocenters. The highest BCUT2D eigenvalue weighted by atomic mass is 35.5. The predicted octanol–water partition coefficient (Wildman–Crippen LogP) is 1.87. The van der Waals surface area contributed by atoms with E-state index in [9.17, 15) is 9.59 Å². The summed E-state index contributed by atoms with van der Waals surface area (Å²) in [5.41, 5.74) is 6.42. The van der Waals surface area contributed by atoms with Crippen LogP contribution in [0.25, 0.3) is 0 Å². The molecule has 1 heterocycles. The van der Waals surface area contributed by atoms with Gasteiger partial charge in [-0.05, 0) is 32.9 Å². The Bertz CT molecular complexity index is 721. The molecule has 30 heavy (non-hydrogen) atoms. The van der Waals surface area contributed by atoms with Gasteiger partial charge in [-0.2, -0.15) is 0 Å². The van der Waals surface area contributed by atoms with Crippen LogP contribution in [0.4, 0.5) is 5.69 Å². The SMILES string of the molecule is CCN(CC)C(=O)C(CCN1CCOCC1)CNC(=O)c1cc(Cl)c(N)cc1OC. The van der Waals surface area contributed by atoms with Crippen molar-refractivity contribution in [2.24, 2.45) is 5.92 Å². The fourth-order valence-electron chi connectivity index (χ4n) is 3.50. The van der Waals surface area contributed by atoms with Crippen LogP contribution in [0, 0.1) is 5.92 Å². The molecule has 8 nitrogen and oxygen atoms in total. The molecule has 0 bridgehead atoms. The second kappa shape index (κ2) is 12.0. The maximum absolute atomic E-state index is 13.0. The first-order chi connectivity index (χ1) is 14.4. The van der Waals surface area contributed by atoms with E-state index in [1.165, 1.54) is 19.2 Å². The molecule has 0 spiro atoms. The van der Waals surface area contributed by atoms with Crippen molar-refractivity contribution in [3.05, 3.63) is 22.7 Å². The second-order valence-corrected chi connectivity index (χ2v) is 7.64. The third kappa shape index (κ3) is 6.48. The van der Waals surface area contributed by atoms with E-state index in [2.05, 4.69) is 10.2 Å². The van der Waals surface area contributed by atoms with E-state index >= 15 is 0 Å². The highest BCUT2D eigenvalue weighted by molar-refractivity contribution is 6.33. The molecule has 9 heteroatoms. The van der Waals surface area contributed by atoms with Crippen LogP contribution in [0.15, 0.2) is 12.1 Å². The van der Waals surface area contributed by atoms with Crippen molar-refractivity contribution in [1.82, 2.24) is 15.1 Å². The molecule has 1 aliphatic heterocycles. The number of carbonyl (C=O) groups excluding carboxylic acids is 2. The summed E-state index contributed by atoms with van der Waals surface area (Å²) in [6, 6.07) is 3.01. The maximum atomic E-state index is 13.0. The van der Waals surface area contributed by atoms with Gasteiger partial charge in [-0.3, -0.25) is 14.5 Å². The Morgan fingerprint density at radius 1 is 1.30 bits per heavy atom. The van der Waals surface area contributed by atoms with Gasteiger partial charge in [-0.15, -0.1) is 0 Å². The van der Waals surface area contributed by atoms with Gasteiger partial charge in [0, 0.05) is 38.8 Å². The average molecular weight is 441 g/mol. The molecule has 1 aromatic carbocycles. The lowest BCUT2D eigenvalue weighted by atomic mass is 10.0. The minimum absolute atomic E-state index is 0.0517. The van der Waals surface area contributed by atoms with Crippen LogP contribution in [0.1, 0.15) is 30.6 Å². The number of nitrogen functional groups attached to an aromatic ring is 1. The quantitative estimate of drug-likeness (QED) is 0.539. The zero-order valence-electron chi connectivity index (χ0n) is 18.1. The third-order valence-corrected chi connectivity index (χ3v) is 5.72. The van der Waals surface area contributed by atoms with Gasteiger partial charge in [0.1, 0.15) is 5.75 Å². The van der Waals surface area contributed by atoms with E-state index in [1.54, 1.807) is 4.90 Å². The Morgan fingerprint density at radius 2 is 1.97 bits per heavy atom. The molecule has 0 saturated carbocycles. The smallest absolute Gasteiger partial charge is 0.255 e. The molecule has 3 N–H and O–H groups in total. The Balaban J connectivity index is 2.07. The number of morpholine rings is 1. The molecular formula is C21H33ClN4O4. The van der Waals surface area contributed by atoms with Crippen LogP contribution in [-0.4, -0.2) is 81.2 Å². The van der Waals surface area contributed by atoms with Gasteiger partial charge in [-0.25, -0.2) is 0 Å². The number of methoxy groups -OCH3 is 1. The van der Waals surface area contributed by atoms with Gasteiger partial charge in [0.05, 0.1) is 42.5 Å². The van der Waals surface area contributed by atoms with Gasteiger partial charge in [0.15, 0.2) is 0 Å². The van der Waals surface area contributed by atoms with Crippen molar-refractivity contribution >= 4 is 29.1 Å². The molecule has 168 valence electrons. The summed E-state index contributed by atoms with van der Waals surface area (Å²) in [4.78, 5) is 29.9. The van der Waals surface area contributed by atoms with Crippen LogP contribution < -0.4 is 15.8 Å². The maximum Gasteiger partial charge on any atom is 0.255 e. The number of hydrogen-bond acceptors (Lipinski definition) is 6. The summed E-state index contributed by atoms with van der Waals surface area (Å²) in [5.74, 6) is -0.269. The third-order valence-electron chi connectivity index (χ3n) is 5.39. The van der Waals surface area contributed by atoms with Crippen molar-refractivity contribution in [2.45, 2.75) is 20.3 Å². The number of nitrogens with zero attached hydrogens (tertiary/aromatic N) is 2. The van der Waals surface area contributed by atoms with Crippen molar-refractivity contribution < 1.29 is 19.1 Å². The molecule has 0 aliphatic carbocycles. The number of carbonyl (C=O) groups is 2. The second-order valence-electron chi connectivity index (χ2n) is 7.23. The molecule has 2 rings (SSSR count). The number of benzene rings is 1. The molecule has 1 atom stereocenters. The Kier molecular flexibility index (Phi) is 9.68. The van der Waals surface area contributed by atoms with Gasteiger partial charge in [0.25, 0.3) is 5.91 Å². The largest absolute Gasteiger partial charge is 0.496 e. The molecule has 0 radical (unpaired) electrons. The van der Waals surface area contributed by atoms with Crippen molar-refractivity contribution in [1.29, 1.82) is 0 Å². The van der Waals surface area contributed by atoms with Gasteiger partial charge in [-0.1, -0.05) is 11.6 Å². The van der Waals surface area contributed by atoms with E-state index in [-0.39, 0.29) is 29.3 Å². The molecule has 2 amide bonds. The Hall–Kier alpha value is -2.03. The van der Waals surface area contributed by atoms with Gasteiger partial charge < -0.3 is 25.4 Å². The first kappa shape index (κ1) is 24.2. The minimum Gasteiger partial charge on any atom is -0.496 e. The zero-order valence-corrected chi connectivity index (χ0v) is 18.8. The minimum atomic E-state index is -0.350. The van der Waals surface area contributed by atoms with Gasteiger partial charge in [0.2, 0.25) is 5.91 Å². The number of nitrogens with one attached hydrogen (secondary N) is 1. The summed E-state index contributed by atoms with van der Waals surface area (Å²) in [7, 11) is 1.47. The Labute approximate surface area is 183 Å².